The largest absolute Gasteiger partial charge is 0.355 e. The van der Waals surface area contributed by atoms with Gasteiger partial charge in [0, 0.05) is 41.4 Å². The minimum absolute atomic E-state index is 0. The fraction of sp³-hybridized carbons (Fsp3) is 0.214. The Kier molecular flexibility index (Phi) is 7.09. The molecule has 1 aliphatic rings. The first-order valence-corrected chi connectivity index (χ1v) is 12.6. The Hall–Kier alpha value is -3.90. The summed E-state index contributed by atoms with van der Waals surface area (Å²) in [4.78, 5) is 25.3. The number of aromatic nitrogens is 4. The quantitative estimate of drug-likeness (QED) is 0.352. The third-order valence-corrected chi connectivity index (χ3v) is 7.19. The molecule has 10 heteroatoms. The lowest BCUT2D eigenvalue weighted by atomic mass is 10.1. The van der Waals surface area contributed by atoms with Crippen molar-refractivity contribution in [3.63, 3.8) is 0 Å². The van der Waals surface area contributed by atoms with E-state index in [0.29, 0.717) is 34.0 Å². The molecule has 0 spiro atoms. The molecule has 2 N–H and O–H groups in total. The standard InChI is InChI=1S/C28H24ClN7O.ClH/c29-19-7-9-21(10-8-19)36-26-25(23(14-30)27(36)34-13-3-5-20(31)15-34)33-17-35(28(26)37)16-24-22-6-2-1-4-18(22)11-12-32-24;/h1-2,4,6-12,17,20H,3,5,13,15-16,31H2;1H/t20-;/m0./s1. The molecule has 0 saturated carbocycles. The molecule has 5 aromatic rings. The SMILES string of the molecule is Cl.N#Cc1c(N2CCC[C@H](N)C2)n(-c2ccc(Cl)cc2)c2c(=O)n(Cc3nccc4ccccc34)cnc12. The molecule has 0 amide bonds. The fourth-order valence-electron chi connectivity index (χ4n) is 5.22. The van der Waals surface area contributed by atoms with Crippen molar-refractivity contribution < 1.29 is 0 Å². The fourth-order valence-corrected chi connectivity index (χ4v) is 5.34. The molecule has 0 aliphatic carbocycles. The topological polar surface area (TPSA) is 106 Å². The molecule has 4 heterocycles. The summed E-state index contributed by atoms with van der Waals surface area (Å²) in [5.74, 6) is 0.639. The highest BCUT2D eigenvalue weighted by molar-refractivity contribution is 6.30. The van der Waals surface area contributed by atoms with Crippen LogP contribution >= 0.6 is 24.0 Å². The van der Waals surface area contributed by atoms with Gasteiger partial charge < -0.3 is 10.6 Å². The van der Waals surface area contributed by atoms with Crippen molar-refractivity contribution in [2.24, 2.45) is 5.73 Å². The molecule has 3 aromatic heterocycles. The highest BCUT2D eigenvalue weighted by Crippen LogP contribution is 2.34. The molecule has 8 nitrogen and oxygen atoms in total. The van der Waals surface area contributed by atoms with Crippen LogP contribution in [0.5, 0.6) is 0 Å². The van der Waals surface area contributed by atoms with Crippen LogP contribution in [0.3, 0.4) is 0 Å². The zero-order valence-corrected chi connectivity index (χ0v) is 22.0. The van der Waals surface area contributed by atoms with E-state index in [2.05, 4.69) is 20.9 Å². The number of fused-ring (bicyclic) bond motifs is 2. The van der Waals surface area contributed by atoms with E-state index in [9.17, 15) is 10.1 Å². The van der Waals surface area contributed by atoms with Crippen molar-refractivity contribution in [1.82, 2.24) is 19.1 Å². The van der Waals surface area contributed by atoms with Gasteiger partial charge >= 0.3 is 0 Å². The summed E-state index contributed by atoms with van der Waals surface area (Å²) < 4.78 is 3.39. The van der Waals surface area contributed by atoms with Crippen molar-refractivity contribution in [1.29, 1.82) is 5.26 Å². The number of anilines is 1. The van der Waals surface area contributed by atoms with Crippen molar-refractivity contribution >= 4 is 51.6 Å². The molecule has 0 radical (unpaired) electrons. The normalized spacial score (nSPS) is 15.4. The highest BCUT2D eigenvalue weighted by Gasteiger charge is 2.29. The molecule has 1 saturated heterocycles. The summed E-state index contributed by atoms with van der Waals surface area (Å²) in [6.07, 6.45) is 5.07. The number of rotatable bonds is 4. The molecule has 192 valence electrons. The Bertz CT molecular complexity index is 1730. The number of nitrogens with two attached hydrogens (primary N) is 1. The van der Waals surface area contributed by atoms with Gasteiger partial charge in [0.1, 0.15) is 28.5 Å². The summed E-state index contributed by atoms with van der Waals surface area (Å²) in [6.45, 7) is 1.58. The zero-order chi connectivity index (χ0) is 25.5. The van der Waals surface area contributed by atoms with Crippen molar-refractivity contribution in [3.05, 3.63) is 93.8 Å². The number of piperidine rings is 1. The Balaban J connectivity index is 0.00000294. The van der Waals surface area contributed by atoms with Crippen LogP contribution in [0.15, 0.2) is 71.9 Å². The molecular formula is C28H25Cl2N7O. The van der Waals surface area contributed by atoms with Crippen LogP contribution < -0.4 is 16.2 Å². The molecule has 1 atom stereocenters. The molecule has 1 fully saturated rings. The van der Waals surface area contributed by atoms with Gasteiger partial charge in [0.2, 0.25) is 0 Å². The number of nitrogens with zero attached hydrogens (tertiary/aromatic N) is 6. The molecule has 0 unspecified atom stereocenters. The summed E-state index contributed by atoms with van der Waals surface area (Å²) in [6, 6.07) is 19.4. The number of benzene rings is 2. The average molecular weight is 546 g/mol. The minimum atomic E-state index is -0.251. The Morgan fingerprint density at radius 2 is 1.89 bits per heavy atom. The maximum absolute atomic E-state index is 14.1. The van der Waals surface area contributed by atoms with Crippen LogP contribution in [0.1, 0.15) is 24.1 Å². The van der Waals surface area contributed by atoms with Crippen LogP contribution in [0, 0.1) is 11.3 Å². The summed E-state index contributed by atoms with van der Waals surface area (Å²) in [5, 5.41) is 12.8. The van der Waals surface area contributed by atoms with Crippen LogP contribution in [-0.2, 0) is 6.54 Å². The van der Waals surface area contributed by atoms with Gasteiger partial charge in [0.25, 0.3) is 5.56 Å². The van der Waals surface area contributed by atoms with E-state index in [-0.39, 0.29) is 30.6 Å². The average Bonchev–Trinajstić information content (AvgIpc) is 3.26. The third-order valence-electron chi connectivity index (χ3n) is 6.94. The van der Waals surface area contributed by atoms with Gasteiger partial charge in [0.15, 0.2) is 0 Å². The number of hydrogen-bond acceptors (Lipinski definition) is 6. The van der Waals surface area contributed by atoms with E-state index in [4.69, 9.17) is 17.3 Å². The predicted molar refractivity (Wildman–Crippen MR) is 153 cm³/mol. The number of pyridine rings is 1. The van der Waals surface area contributed by atoms with E-state index in [1.54, 1.807) is 22.9 Å². The lowest BCUT2D eigenvalue weighted by Crippen LogP contribution is -2.43. The van der Waals surface area contributed by atoms with E-state index < -0.39 is 0 Å². The van der Waals surface area contributed by atoms with Crippen LogP contribution in [0.2, 0.25) is 5.02 Å². The van der Waals surface area contributed by atoms with Crippen LogP contribution in [-0.4, -0.2) is 38.2 Å². The predicted octanol–water partition coefficient (Wildman–Crippen LogP) is 4.66. The highest BCUT2D eigenvalue weighted by atomic mass is 35.5. The lowest BCUT2D eigenvalue weighted by molar-refractivity contribution is 0.501. The Morgan fingerprint density at radius 3 is 2.66 bits per heavy atom. The second-order valence-corrected chi connectivity index (χ2v) is 9.76. The number of halogens is 2. The van der Waals surface area contributed by atoms with E-state index >= 15 is 0 Å². The van der Waals surface area contributed by atoms with Crippen LogP contribution in [0.4, 0.5) is 5.82 Å². The number of nitriles is 1. The van der Waals surface area contributed by atoms with Crippen molar-refractivity contribution in [3.8, 4) is 11.8 Å². The smallest absolute Gasteiger partial charge is 0.278 e. The first-order valence-electron chi connectivity index (χ1n) is 12.2. The van der Waals surface area contributed by atoms with E-state index in [1.165, 1.54) is 6.33 Å². The second-order valence-electron chi connectivity index (χ2n) is 9.32. The van der Waals surface area contributed by atoms with Gasteiger partial charge in [-0.3, -0.25) is 18.9 Å². The van der Waals surface area contributed by atoms with Gasteiger partial charge in [-0.1, -0.05) is 35.9 Å². The minimum Gasteiger partial charge on any atom is -0.355 e. The first-order chi connectivity index (χ1) is 18.0. The van der Waals surface area contributed by atoms with Gasteiger partial charge in [0.05, 0.1) is 18.6 Å². The number of hydrogen-bond donors (Lipinski definition) is 1. The third kappa shape index (κ3) is 4.39. The summed E-state index contributed by atoms with van der Waals surface area (Å²) >= 11 is 6.18. The Labute approximate surface area is 230 Å². The molecule has 1 aliphatic heterocycles. The molecule has 6 rings (SSSR count). The molecule has 38 heavy (non-hydrogen) atoms. The monoisotopic (exact) mass is 545 g/mol. The lowest BCUT2D eigenvalue weighted by Gasteiger charge is -2.33. The molecule has 2 aromatic carbocycles. The second kappa shape index (κ2) is 10.5. The van der Waals surface area contributed by atoms with E-state index in [0.717, 1.165) is 41.5 Å². The van der Waals surface area contributed by atoms with Gasteiger partial charge in [-0.05, 0) is 48.6 Å². The first kappa shape index (κ1) is 25.7. The molecular weight excluding hydrogens is 521 g/mol. The summed E-state index contributed by atoms with van der Waals surface area (Å²) in [7, 11) is 0. The van der Waals surface area contributed by atoms with Gasteiger partial charge in [-0.25, -0.2) is 4.98 Å². The van der Waals surface area contributed by atoms with E-state index in [1.807, 2.05) is 47.0 Å². The van der Waals surface area contributed by atoms with Crippen LogP contribution in [0.25, 0.3) is 27.5 Å². The maximum atomic E-state index is 14.1. The Morgan fingerprint density at radius 1 is 1.11 bits per heavy atom. The van der Waals surface area contributed by atoms with Gasteiger partial charge in [-0.2, -0.15) is 5.26 Å². The molecule has 0 bridgehead atoms. The van der Waals surface area contributed by atoms with Gasteiger partial charge in [-0.15, -0.1) is 12.4 Å². The summed E-state index contributed by atoms with van der Waals surface area (Å²) in [5.41, 5.74) is 8.63. The maximum Gasteiger partial charge on any atom is 0.278 e. The van der Waals surface area contributed by atoms with Crippen molar-refractivity contribution in [2.75, 3.05) is 18.0 Å². The van der Waals surface area contributed by atoms with Crippen molar-refractivity contribution in [2.45, 2.75) is 25.4 Å². The zero-order valence-electron chi connectivity index (χ0n) is 20.4.